The molecule has 3 amide bonds. The number of morpholine rings is 2. The predicted octanol–water partition coefficient (Wildman–Crippen LogP) is 10.0. The summed E-state index contributed by atoms with van der Waals surface area (Å²) in [5.41, 5.74) is 15.3. The number of nitrogens with one attached hydrogen (secondary N) is 5. The van der Waals surface area contributed by atoms with E-state index in [1.54, 1.807) is 6.92 Å². The molecular weight excluding hydrogens is 1080 g/mol. The van der Waals surface area contributed by atoms with Gasteiger partial charge in [0.15, 0.2) is 0 Å². The third kappa shape index (κ3) is 14.2. The molecule has 4 heterocycles. The number of nitrogens with zero attached hydrogens (tertiary/aromatic N) is 4. The maximum Gasteiger partial charge on any atom is 0.253 e. The number of rotatable bonds is 19. The Balaban J connectivity index is 0.885. The van der Waals surface area contributed by atoms with Gasteiger partial charge in [-0.3, -0.25) is 33.8 Å². The largest absolute Gasteiger partial charge is 0.379 e. The van der Waals surface area contributed by atoms with Gasteiger partial charge < -0.3 is 45.2 Å². The minimum Gasteiger partial charge on any atom is -0.379 e. The number of benzene rings is 4. The van der Waals surface area contributed by atoms with Crippen LogP contribution in [0.15, 0.2) is 94.5 Å². The van der Waals surface area contributed by atoms with Crippen LogP contribution in [0.5, 0.6) is 0 Å². The topological polar surface area (TPSA) is 184 Å². The molecule has 2 saturated carbocycles. The predicted molar refractivity (Wildman–Crippen MR) is 342 cm³/mol. The van der Waals surface area contributed by atoms with Crippen molar-refractivity contribution in [2.75, 3.05) is 69.4 Å². The van der Waals surface area contributed by atoms with Gasteiger partial charge >= 0.3 is 0 Å². The van der Waals surface area contributed by atoms with Crippen molar-refractivity contribution in [1.82, 2.24) is 35.7 Å². The van der Waals surface area contributed by atoms with E-state index in [-0.39, 0.29) is 66.2 Å². The van der Waals surface area contributed by atoms with Crippen molar-refractivity contribution in [3.63, 3.8) is 0 Å². The average molecular weight is 1170 g/mol. The van der Waals surface area contributed by atoms with Crippen molar-refractivity contribution in [1.29, 1.82) is 0 Å². The van der Waals surface area contributed by atoms with Crippen LogP contribution in [0.3, 0.4) is 0 Å². The van der Waals surface area contributed by atoms with Gasteiger partial charge in [0.25, 0.3) is 22.9 Å². The van der Waals surface area contributed by atoms with Crippen LogP contribution in [0.4, 0.5) is 11.4 Å². The number of carbonyl (C=O) groups is 3. The van der Waals surface area contributed by atoms with Crippen molar-refractivity contribution in [2.45, 2.75) is 157 Å². The molecule has 4 aliphatic rings. The quantitative estimate of drug-likeness (QED) is 0.0520. The fraction of sp³-hybridized carbons (Fsp3) is 0.471. The van der Waals surface area contributed by atoms with Gasteiger partial charge in [0.05, 0.1) is 32.0 Å². The number of aromatic amines is 2. The number of pyridine rings is 2. The van der Waals surface area contributed by atoms with Gasteiger partial charge in [-0.05, 0) is 179 Å². The molecule has 2 unspecified atom stereocenters. The number of hydrogen-bond donors (Lipinski definition) is 5. The number of aryl methyl sites for hydroxylation is 4. The van der Waals surface area contributed by atoms with Gasteiger partial charge in [0.2, 0.25) is 5.91 Å². The van der Waals surface area contributed by atoms with Gasteiger partial charge in [0.1, 0.15) is 0 Å². The van der Waals surface area contributed by atoms with E-state index in [4.69, 9.17) is 9.47 Å². The van der Waals surface area contributed by atoms with Gasteiger partial charge in [0, 0.05) is 129 Å². The second-order valence-electron chi connectivity index (χ2n) is 24.7. The third-order valence-corrected chi connectivity index (χ3v) is 18.8. The zero-order chi connectivity index (χ0) is 60.8. The molecule has 0 radical (unpaired) electrons. The summed E-state index contributed by atoms with van der Waals surface area (Å²) in [5.74, 6) is -0.445. The van der Waals surface area contributed by atoms with Crippen LogP contribution < -0.4 is 36.9 Å². The first-order valence-corrected chi connectivity index (χ1v) is 31.3. The monoisotopic (exact) mass is 1170 g/mol. The Morgan fingerprint density at radius 1 is 0.640 bits per heavy atom. The Morgan fingerprint density at radius 2 is 1.17 bits per heavy atom. The second-order valence-corrected chi connectivity index (χ2v) is 24.7. The van der Waals surface area contributed by atoms with Crippen LogP contribution in [-0.2, 0) is 33.9 Å². The van der Waals surface area contributed by atoms with Crippen molar-refractivity contribution < 1.29 is 23.9 Å². The Labute approximate surface area is 507 Å². The van der Waals surface area contributed by atoms with Gasteiger partial charge in [-0.1, -0.05) is 61.4 Å². The summed E-state index contributed by atoms with van der Waals surface area (Å²) in [4.78, 5) is 82.1. The lowest BCUT2D eigenvalue weighted by molar-refractivity contribution is -0.119. The van der Waals surface area contributed by atoms with E-state index in [0.717, 1.165) is 151 Å². The Hall–Kier alpha value is -7.37. The molecule has 16 heteroatoms. The molecule has 4 aromatic carbocycles. The number of ether oxygens (including phenoxy) is 2. The molecule has 86 heavy (non-hydrogen) atoms. The zero-order valence-electron chi connectivity index (χ0n) is 52.1. The molecule has 6 aromatic rings. The molecule has 4 fully saturated rings. The van der Waals surface area contributed by atoms with E-state index in [1.165, 1.54) is 18.4 Å². The summed E-state index contributed by atoms with van der Waals surface area (Å²) in [5, 5.41) is 9.30. The Kier molecular flexibility index (Phi) is 19.8. The van der Waals surface area contributed by atoms with Crippen LogP contribution in [0.25, 0.3) is 22.3 Å². The highest BCUT2D eigenvalue weighted by Gasteiger charge is 2.35. The highest BCUT2D eigenvalue weighted by Crippen LogP contribution is 2.39. The molecule has 0 spiro atoms. The molecule has 5 N–H and O–H groups in total. The summed E-state index contributed by atoms with van der Waals surface area (Å²) in [6, 6.07) is 30.7. The van der Waals surface area contributed by atoms with E-state index in [0.29, 0.717) is 48.1 Å². The first kappa shape index (κ1) is 61.7. The number of anilines is 2. The summed E-state index contributed by atoms with van der Waals surface area (Å²) in [7, 11) is 2.11. The SMILES string of the molecule is CCN(c1cc(-c2ccc(CN3CCOC(C(c4ccc(-c5cc(C(=O)NCc6c(C)cc(C)[nH]c6=O)c(C)c(N(C)[C@H]6CC[C@H](NC(C)=O)CC6)c5)cc4)N4CCOCC4)C3)cc2)cc(C(=O)NCc2c(C)cc(C)[nH]c2=O)c1C)C1CCCC1. The van der Waals surface area contributed by atoms with E-state index < -0.39 is 0 Å². The number of carbonyl (C=O) groups excluding carboxylic acids is 3. The summed E-state index contributed by atoms with van der Waals surface area (Å²) in [6.45, 7) is 22.2. The molecular formula is C70H89N9O7. The average Bonchev–Trinajstić information content (AvgIpc) is 2.20. The van der Waals surface area contributed by atoms with Gasteiger partial charge in [-0.2, -0.15) is 0 Å². The molecule has 2 aromatic heterocycles. The summed E-state index contributed by atoms with van der Waals surface area (Å²) < 4.78 is 12.7. The highest BCUT2D eigenvalue weighted by atomic mass is 16.5. The first-order chi connectivity index (χ1) is 41.4. The van der Waals surface area contributed by atoms with Gasteiger partial charge in [-0.25, -0.2) is 0 Å². The van der Waals surface area contributed by atoms with E-state index >= 15 is 0 Å². The van der Waals surface area contributed by atoms with E-state index in [2.05, 4.69) is 127 Å². The van der Waals surface area contributed by atoms with E-state index in [1.807, 2.05) is 58.9 Å². The number of hydrogen-bond acceptors (Lipinski definition) is 11. The summed E-state index contributed by atoms with van der Waals surface area (Å²) >= 11 is 0. The van der Waals surface area contributed by atoms with Crippen LogP contribution >= 0.6 is 0 Å². The van der Waals surface area contributed by atoms with Crippen molar-refractivity contribution in [2.24, 2.45) is 0 Å². The minimum absolute atomic E-state index is 0.00345. The third-order valence-electron chi connectivity index (χ3n) is 18.8. The minimum atomic E-state index is -0.245. The fourth-order valence-corrected chi connectivity index (χ4v) is 14.0. The number of H-pyrrole nitrogens is 2. The zero-order valence-corrected chi connectivity index (χ0v) is 52.1. The molecule has 16 nitrogen and oxygen atoms in total. The lowest BCUT2D eigenvalue weighted by Crippen LogP contribution is -2.51. The second kappa shape index (κ2) is 27.6. The van der Waals surface area contributed by atoms with Crippen LogP contribution in [0.2, 0.25) is 0 Å². The van der Waals surface area contributed by atoms with Crippen molar-refractivity contribution >= 4 is 29.1 Å². The van der Waals surface area contributed by atoms with Crippen molar-refractivity contribution in [3.05, 3.63) is 173 Å². The Morgan fingerprint density at radius 3 is 1.71 bits per heavy atom. The molecule has 2 saturated heterocycles. The first-order valence-electron chi connectivity index (χ1n) is 31.3. The molecule has 2 aliphatic carbocycles. The highest BCUT2D eigenvalue weighted by molar-refractivity contribution is 6.00. The molecule has 456 valence electrons. The summed E-state index contributed by atoms with van der Waals surface area (Å²) in [6.07, 6.45) is 8.15. The Bertz CT molecular complexity index is 3520. The van der Waals surface area contributed by atoms with Crippen molar-refractivity contribution in [3.8, 4) is 22.3 Å². The standard InChI is InChI=1S/C70H89N9O7/c1-10-79(58-13-11-12-14-58)64-38-55(36-60(48(64)7)68(82)72-40-62-44(3)34-46(5)74-70(62)84)51-17-15-50(16-18-51)41-77-27-32-86-65(42-77)66(78-28-30-85-31-29-78)53-21-19-52(20-22-53)54-35-59(67(81)71-39-61-43(2)33-45(4)73-69(61)83)47(6)63(37-54)76(9)57-25-23-56(24-26-57)75-49(8)80/h15-22,33-38,56-58,65-66H,10-14,23-32,39-42H2,1-9H3,(H,71,81)(H,72,82)(H,73,83)(H,74,84)(H,75,80)/t56-,57-,65?,66?. The van der Waals surface area contributed by atoms with Crippen LogP contribution in [-0.4, -0.2) is 121 Å². The lowest BCUT2D eigenvalue weighted by Gasteiger charge is -2.43. The molecule has 2 aliphatic heterocycles. The number of amides is 3. The smallest absolute Gasteiger partial charge is 0.253 e. The maximum atomic E-state index is 14.4. The van der Waals surface area contributed by atoms with Crippen LogP contribution in [0, 0.1) is 41.5 Å². The fourth-order valence-electron chi connectivity index (χ4n) is 14.0. The molecule has 0 bridgehead atoms. The number of aromatic nitrogens is 2. The van der Waals surface area contributed by atoms with Gasteiger partial charge in [-0.15, -0.1) is 0 Å². The molecule has 10 rings (SSSR count). The maximum absolute atomic E-state index is 14.4. The normalized spacial score (nSPS) is 19.0. The molecule has 2 atom stereocenters. The van der Waals surface area contributed by atoms with E-state index in [9.17, 15) is 24.0 Å². The van der Waals surface area contributed by atoms with Crippen LogP contribution in [0.1, 0.15) is 148 Å². The lowest BCUT2D eigenvalue weighted by atomic mass is 9.89.